The number of nitrogens with zero attached hydrogens (tertiary/aromatic N) is 2. The second kappa shape index (κ2) is 4.09. The Labute approximate surface area is 107 Å². The number of rotatable bonds is 2. The Hall–Kier alpha value is -1.35. The predicted octanol–water partition coefficient (Wildman–Crippen LogP) is 3.35. The average molecular weight is 246 g/mol. The van der Waals surface area contributed by atoms with Gasteiger partial charge in [0.15, 0.2) is 0 Å². The van der Waals surface area contributed by atoms with Crippen LogP contribution in [-0.2, 0) is 0 Å². The van der Waals surface area contributed by atoms with Gasteiger partial charge in [0.25, 0.3) is 0 Å². The molecule has 96 valence electrons. The Morgan fingerprint density at radius 1 is 1.22 bits per heavy atom. The number of aryl methyl sites for hydroxylation is 1. The minimum Gasteiger partial charge on any atom is -0.344 e. The average Bonchev–Trinajstić information content (AvgIpc) is 2.66. The Kier molecular flexibility index (Phi) is 2.67. The van der Waals surface area contributed by atoms with E-state index in [4.69, 9.17) is 0 Å². The maximum atomic E-state index is 14.0. The summed E-state index contributed by atoms with van der Waals surface area (Å²) in [7, 11) is 4.25. The van der Waals surface area contributed by atoms with Crippen LogP contribution in [0.2, 0.25) is 0 Å². The summed E-state index contributed by atoms with van der Waals surface area (Å²) >= 11 is 0. The van der Waals surface area contributed by atoms with Crippen LogP contribution in [-0.4, -0.2) is 29.6 Å². The highest BCUT2D eigenvalue weighted by atomic mass is 19.1. The van der Waals surface area contributed by atoms with Crippen LogP contribution in [0.25, 0.3) is 10.9 Å². The number of fused-ring (bicyclic) bond motifs is 1. The smallest absolute Gasteiger partial charge is 0.135 e. The zero-order chi connectivity index (χ0) is 12.9. The first-order valence-electron chi connectivity index (χ1n) is 6.50. The van der Waals surface area contributed by atoms with Gasteiger partial charge in [-0.05, 0) is 51.6 Å². The van der Waals surface area contributed by atoms with Gasteiger partial charge in [0.2, 0.25) is 0 Å². The summed E-state index contributed by atoms with van der Waals surface area (Å²) in [5.41, 5.74) is 1.75. The highest BCUT2D eigenvalue weighted by molar-refractivity contribution is 5.81. The van der Waals surface area contributed by atoms with Gasteiger partial charge in [0, 0.05) is 23.7 Å². The van der Waals surface area contributed by atoms with E-state index in [9.17, 15) is 4.39 Å². The largest absolute Gasteiger partial charge is 0.344 e. The molecule has 2 aromatic rings. The van der Waals surface area contributed by atoms with Gasteiger partial charge in [0.05, 0.1) is 5.52 Å². The van der Waals surface area contributed by atoms with Crippen LogP contribution in [0.15, 0.2) is 24.4 Å². The number of aromatic nitrogens is 1. The molecule has 0 atom stereocenters. The van der Waals surface area contributed by atoms with Crippen molar-refractivity contribution in [3.8, 4) is 0 Å². The molecule has 0 amide bonds. The fourth-order valence-electron chi connectivity index (χ4n) is 2.84. The zero-order valence-electron chi connectivity index (χ0n) is 11.2. The van der Waals surface area contributed by atoms with Crippen LogP contribution in [0.5, 0.6) is 0 Å². The molecule has 1 aromatic heterocycles. The molecule has 3 rings (SSSR count). The van der Waals surface area contributed by atoms with E-state index in [2.05, 4.69) is 23.6 Å². The number of halogens is 1. The van der Waals surface area contributed by atoms with E-state index in [1.54, 1.807) is 0 Å². The van der Waals surface area contributed by atoms with Crippen molar-refractivity contribution in [1.82, 2.24) is 9.47 Å². The molecule has 0 bridgehead atoms. The molecule has 0 N–H and O–H groups in total. The van der Waals surface area contributed by atoms with Crippen molar-refractivity contribution in [3.05, 3.63) is 35.8 Å². The standard InChI is InChI=1S/C15H19FN2/c1-10-4-5-14-13(15(10)16)6-7-18(14)12-8-11(9-12)17(2)3/h4-7,11-12H,8-9H2,1-3H3. The fraction of sp³-hybridized carbons (Fsp3) is 0.467. The van der Waals surface area contributed by atoms with Gasteiger partial charge < -0.3 is 9.47 Å². The topological polar surface area (TPSA) is 8.17 Å². The molecule has 1 aromatic carbocycles. The fourth-order valence-corrected chi connectivity index (χ4v) is 2.84. The quantitative estimate of drug-likeness (QED) is 0.789. The SMILES string of the molecule is Cc1ccc2c(ccn2C2CC(N(C)C)C2)c1F. The monoisotopic (exact) mass is 246 g/mol. The molecule has 1 fully saturated rings. The van der Waals surface area contributed by atoms with E-state index >= 15 is 0 Å². The molecular weight excluding hydrogens is 227 g/mol. The van der Waals surface area contributed by atoms with E-state index < -0.39 is 0 Å². The third kappa shape index (κ3) is 1.65. The molecule has 3 heteroatoms. The second-order valence-corrected chi connectivity index (χ2v) is 5.59. The molecule has 0 aliphatic heterocycles. The molecule has 1 heterocycles. The molecule has 0 unspecified atom stereocenters. The van der Waals surface area contributed by atoms with Crippen LogP contribution in [0.4, 0.5) is 4.39 Å². The lowest BCUT2D eigenvalue weighted by Crippen LogP contribution is -2.41. The summed E-state index contributed by atoms with van der Waals surface area (Å²) in [6.45, 7) is 1.82. The molecule has 1 saturated carbocycles. The van der Waals surface area contributed by atoms with Crippen molar-refractivity contribution in [1.29, 1.82) is 0 Å². The van der Waals surface area contributed by atoms with Crippen LogP contribution >= 0.6 is 0 Å². The highest BCUT2D eigenvalue weighted by Crippen LogP contribution is 2.37. The molecule has 0 spiro atoms. The lowest BCUT2D eigenvalue weighted by molar-refractivity contribution is 0.132. The van der Waals surface area contributed by atoms with Gasteiger partial charge in [-0.1, -0.05) is 6.07 Å². The Bertz CT molecular complexity index is 579. The Balaban J connectivity index is 1.93. The van der Waals surface area contributed by atoms with Crippen molar-refractivity contribution in [2.24, 2.45) is 0 Å². The first-order chi connectivity index (χ1) is 8.58. The van der Waals surface area contributed by atoms with E-state index in [1.165, 1.54) is 0 Å². The lowest BCUT2D eigenvalue weighted by Gasteiger charge is -2.40. The Morgan fingerprint density at radius 2 is 1.94 bits per heavy atom. The van der Waals surface area contributed by atoms with Crippen molar-refractivity contribution in [3.63, 3.8) is 0 Å². The third-order valence-corrected chi connectivity index (χ3v) is 4.24. The predicted molar refractivity (Wildman–Crippen MR) is 72.4 cm³/mol. The van der Waals surface area contributed by atoms with Crippen LogP contribution in [0, 0.1) is 12.7 Å². The first-order valence-corrected chi connectivity index (χ1v) is 6.50. The van der Waals surface area contributed by atoms with Gasteiger partial charge in [0.1, 0.15) is 5.82 Å². The minimum absolute atomic E-state index is 0.0743. The zero-order valence-corrected chi connectivity index (χ0v) is 11.2. The van der Waals surface area contributed by atoms with Crippen LogP contribution in [0.3, 0.4) is 0 Å². The molecule has 1 aliphatic rings. The van der Waals surface area contributed by atoms with E-state index in [0.29, 0.717) is 12.1 Å². The molecule has 0 saturated heterocycles. The first kappa shape index (κ1) is 11.7. The number of hydrogen-bond acceptors (Lipinski definition) is 1. The number of benzene rings is 1. The van der Waals surface area contributed by atoms with Crippen molar-refractivity contribution in [2.75, 3.05) is 14.1 Å². The van der Waals surface area contributed by atoms with Crippen molar-refractivity contribution < 1.29 is 4.39 Å². The maximum Gasteiger partial charge on any atom is 0.135 e. The van der Waals surface area contributed by atoms with E-state index in [-0.39, 0.29) is 5.82 Å². The molecule has 1 aliphatic carbocycles. The summed E-state index contributed by atoms with van der Waals surface area (Å²) in [5.74, 6) is -0.0743. The minimum atomic E-state index is -0.0743. The summed E-state index contributed by atoms with van der Waals surface area (Å²) in [4.78, 5) is 2.27. The number of hydrogen-bond donors (Lipinski definition) is 0. The molecular formula is C15H19FN2. The van der Waals surface area contributed by atoms with Gasteiger partial charge in [-0.25, -0.2) is 4.39 Å². The normalized spacial score (nSPS) is 23.6. The summed E-state index contributed by atoms with van der Waals surface area (Å²) in [6, 6.07) is 7.01. The Morgan fingerprint density at radius 3 is 2.61 bits per heavy atom. The van der Waals surface area contributed by atoms with E-state index in [0.717, 1.165) is 29.3 Å². The molecule has 18 heavy (non-hydrogen) atoms. The van der Waals surface area contributed by atoms with Crippen LogP contribution in [0.1, 0.15) is 24.4 Å². The van der Waals surface area contributed by atoms with Crippen molar-refractivity contribution >= 4 is 10.9 Å². The van der Waals surface area contributed by atoms with Crippen LogP contribution < -0.4 is 0 Å². The summed E-state index contributed by atoms with van der Waals surface area (Å²) in [5, 5.41) is 0.753. The van der Waals surface area contributed by atoms with Gasteiger partial charge in [-0.15, -0.1) is 0 Å². The molecule has 2 nitrogen and oxygen atoms in total. The van der Waals surface area contributed by atoms with Gasteiger partial charge in [-0.3, -0.25) is 0 Å². The van der Waals surface area contributed by atoms with E-state index in [1.807, 2.05) is 31.3 Å². The molecule has 0 radical (unpaired) electrons. The highest BCUT2D eigenvalue weighted by Gasteiger charge is 2.32. The van der Waals surface area contributed by atoms with Crippen molar-refractivity contribution in [2.45, 2.75) is 31.8 Å². The maximum absolute atomic E-state index is 14.0. The third-order valence-electron chi connectivity index (χ3n) is 4.24. The second-order valence-electron chi connectivity index (χ2n) is 5.59. The lowest BCUT2D eigenvalue weighted by atomic mass is 9.85. The van der Waals surface area contributed by atoms with Gasteiger partial charge >= 0.3 is 0 Å². The summed E-state index contributed by atoms with van der Waals surface area (Å²) in [6.07, 6.45) is 4.35. The summed E-state index contributed by atoms with van der Waals surface area (Å²) < 4.78 is 16.2. The van der Waals surface area contributed by atoms with Gasteiger partial charge in [-0.2, -0.15) is 0 Å².